The van der Waals surface area contributed by atoms with Gasteiger partial charge in [-0.1, -0.05) is 68.1 Å². The van der Waals surface area contributed by atoms with Gasteiger partial charge in [-0.3, -0.25) is 0 Å². The SMILES string of the molecule is C=Cc1ccc(C(C)C2C=CC=C2)cc1. The van der Waals surface area contributed by atoms with Gasteiger partial charge in [0.05, 0.1) is 0 Å². The van der Waals surface area contributed by atoms with Gasteiger partial charge in [-0.05, 0) is 17.0 Å². The maximum absolute atomic E-state index is 3.76. The molecule has 0 spiro atoms. The van der Waals surface area contributed by atoms with Gasteiger partial charge in [0.25, 0.3) is 0 Å². The normalized spacial score (nSPS) is 16.9. The minimum Gasteiger partial charge on any atom is -0.0985 e. The standard InChI is InChI=1S/C15H16/c1-3-13-8-10-15(11-9-13)12(2)14-6-4-5-7-14/h3-12,14H,1H2,2H3. The van der Waals surface area contributed by atoms with Crippen molar-refractivity contribution in [1.82, 2.24) is 0 Å². The topological polar surface area (TPSA) is 0 Å². The summed E-state index contributed by atoms with van der Waals surface area (Å²) in [6.07, 6.45) is 10.6. The molecule has 0 saturated heterocycles. The number of benzene rings is 1. The van der Waals surface area contributed by atoms with Crippen LogP contribution < -0.4 is 0 Å². The van der Waals surface area contributed by atoms with Crippen LogP contribution in [0.3, 0.4) is 0 Å². The van der Waals surface area contributed by atoms with Crippen LogP contribution in [-0.4, -0.2) is 0 Å². The summed E-state index contributed by atoms with van der Waals surface area (Å²) in [7, 11) is 0. The third-order valence-corrected chi connectivity index (χ3v) is 3.05. The fraction of sp³-hybridized carbons (Fsp3) is 0.200. The molecule has 0 heteroatoms. The van der Waals surface area contributed by atoms with Crippen molar-refractivity contribution in [3.8, 4) is 0 Å². The molecule has 1 aliphatic carbocycles. The highest BCUT2D eigenvalue weighted by atomic mass is 14.2. The predicted molar refractivity (Wildman–Crippen MR) is 66.7 cm³/mol. The van der Waals surface area contributed by atoms with Crippen molar-refractivity contribution in [2.75, 3.05) is 0 Å². The zero-order valence-electron chi connectivity index (χ0n) is 9.06. The zero-order valence-corrected chi connectivity index (χ0v) is 9.06. The molecule has 76 valence electrons. The van der Waals surface area contributed by atoms with E-state index in [1.165, 1.54) is 11.1 Å². The summed E-state index contributed by atoms with van der Waals surface area (Å²) < 4.78 is 0. The van der Waals surface area contributed by atoms with E-state index < -0.39 is 0 Å². The highest BCUT2D eigenvalue weighted by molar-refractivity contribution is 5.47. The molecule has 0 nitrogen and oxygen atoms in total. The first-order chi connectivity index (χ1) is 7.31. The summed E-state index contributed by atoms with van der Waals surface area (Å²) in [4.78, 5) is 0. The quantitative estimate of drug-likeness (QED) is 0.680. The lowest BCUT2D eigenvalue weighted by atomic mass is 9.88. The Morgan fingerprint density at radius 1 is 1.13 bits per heavy atom. The number of allylic oxidation sites excluding steroid dienone is 4. The molecule has 1 aliphatic rings. The average Bonchev–Trinajstić information content (AvgIpc) is 2.82. The Labute approximate surface area is 91.6 Å². The second-order valence-electron chi connectivity index (χ2n) is 4.01. The molecule has 2 rings (SSSR count). The van der Waals surface area contributed by atoms with E-state index in [4.69, 9.17) is 0 Å². The van der Waals surface area contributed by atoms with Crippen LogP contribution >= 0.6 is 0 Å². The number of hydrogen-bond acceptors (Lipinski definition) is 0. The zero-order chi connectivity index (χ0) is 10.7. The van der Waals surface area contributed by atoms with Crippen LogP contribution in [0.25, 0.3) is 6.08 Å². The summed E-state index contributed by atoms with van der Waals surface area (Å²) in [6, 6.07) is 8.64. The van der Waals surface area contributed by atoms with Gasteiger partial charge in [-0.25, -0.2) is 0 Å². The molecule has 0 N–H and O–H groups in total. The van der Waals surface area contributed by atoms with Crippen LogP contribution in [0.1, 0.15) is 24.0 Å². The van der Waals surface area contributed by atoms with Gasteiger partial charge in [0, 0.05) is 5.92 Å². The molecule has 1 aromatic carbocycles. The first kappa shape index (κ1) is 9.97. The maximum atomic E-state index is 3.76. The van der Waals surface area contributed by atoms with Gasteiger partial charge < -0.3 is 0 Å². The first-order valence-electron chi connectivity index (χ1n) is 5.38. The minimum atomic E-state index is 0.555. The molecule has 0 amide bonds. The van der Waals surface area contributed by atoms with Crippen molar-refractivity contribution >= 4 is 6.08 Å². The van der Waals surface area contributed by atoms with Gasteiger partial charge in [-0.15, -0.1) is 0 Å². The molecule has 0 aromatic heterocycles. The smallest absolute Gasteiger partial charge is 0.00189 e. The van der Waals surface area contributed by atoms with E-state index in [0.29, 0.717) is 11.8 Å². The largest absolute Gasteiger partial charge is 0.0985 e. The van der Waals surface area contributed by atoms with Crippen molar-refractivity contribution in [2.45, 2.75) is 12.8 Å². The van der Waals surface area contributed by atoms with Crippen LogP contribution in [-0.2, 0) is 0 Å². The molecule has 0 aliphatic heterocycles. The third kappa shape index (κ3) is 2.10. The Morgan fingerprint density at radius 3 is 2.27 bits per heavy atom. The van der Waals surface area contributed by atoms with Crippen molar-refractivity contribution in [3.63, 3.8) is 0 Å². The fourth-order valence-electron chi connectivity index (χ4n) is 1.94. The van der Waals surface area contributed by atoms with Crippen molar-refractivity contribution < 1.29 is 0 Å². The molecular weight excluding hydrogens is 180 g/mol. The van der Waals surface area contributed by atoms with Gasteiger partial charge in [-0.2, -0.15) is 0 Å². The van der Waals surface area contributed by atoms with E-state index in [1.807, 2.05) is 6.08 Å². The molecule has 0 radical (unpaired) electrons. The second-order valence-corrected chi connectivity index (χ2v) is 4.01. The maximum Gasteiger partial charge on any atom is 0.00189 e. The van der Waals surface area contributed by atoms with Crippen molar-refractivity contribution in [1.29, 1.82) is 0 Å². The summed E-state index contributed by atoms with van der Waals surface area (Å²) in [5, 5.41) is 0. The molecule has 15 heavy (non-hydrogen) atoms. The van der Waals surface area contributed by atoms with E-state index in [2.05, 4.69) is 62.1 Å². The molecule has 0 heterocycles. The lowest BCUT2D eigenvalue weighted by Crippen LogP contribution is -2.03. The second kappa shape index (κ2) is 4.31. The Bertz CT molecular complexity index is 381. The van der Waals surface area contributed by atoms with Gasteiger partial charge in [0.2, 0.25) is 0 Å². The van der Waals surface area contributed by atoms with Gasteiger partial charge in [0.1, 0.15) is 0 Å². The molecule has 0 bridgehead atoms. The summed E-state index contributed by atoms with van der Waals surface area (Å²) in [5.74, 6) is 1.11. The van der Waals surface area contributed by atoms with E-state index >= 15 is 0 Å². The van der Waals surface area contributed by atoms with Crippen LogP contribution in [0.5, 0.6) is 0 Å². The van der Waals surface area contributed by atoms with E-state index in [1.54, 1.807) is 0 Å². The Balaban J connectivity index is 2.18. The van der Waals surface area contributed by atoms with Crippen LogP contribution in [0.2, 0.25) is 0 Å². The fourth-order valence-corrected chi connectivity index (χ4v) is 1.94. The van der Waals surface area contributed by atoms with Crippen molar-refractivity contribution in [3.05, 3.63) is 66.3 Å². The number of rotatable bonds is 3. The first-order valence-corrected chi connectivity index (χ1v) is 5.38. The summed E-state index contributed by atoms with van der Waals surface area (Å²) >= 11 is 0. The van der Waals surface area contributed by atoms with E-state index in [-0.39, 0.29) is 0 Å². The molecule has 0 saturated carbocycles. The molecule has 0 fully saturated rings. The van der Waals surface area contributed by atoms with Gasteiger partial charge >= 0.3 is 0 Å². The lowest BCUT2D eigenvalue weighted by Gasteiger charge is -2.16. The lowest BCUT2D eigenvalue weighted by molar-refractivity contribution is 0.654. The third-order valence-electron chi connectivity index (χ3n) is 3.05. The van der Waals surface area contributed by atoms with E-state index in [9.17, 15) is 0 Å². The van der Waals surface area contributed by atoms with Gasteiger partial charge in [0.15, 0.2) is 0 Å². The van der Waals surface area contributed by atoms with Crippen LogP contribution in [0.15, 0.2) is 55.1 Å². The average molecular weight is 196 g/mol. The monoisotopic (exact) mass is 196 g/mol. The number of hydrogen-bond donors (Lipinski definition) is 0. The summed E-state index contributed by atoms with van der Waals surface area (Å²) in [5.41, 5.74) is 2.57. The Morgan fingerprint density at radius 2 is 1.73 bits per heavy atom. The molecular formula is C15H16. The molecule has 1 unspecified atom stereocenters. The Hall–Kier alpha value is -1.56. The van der Waals surface area contributed by atoms with E-state index in [0.717, 1.165) is 0 Å². The summed E-state index contributed by atoms with van der Waals surface area (Å²) in [6.45, 7) is 6.03. The minimum absolute atomic E-state index is 0.555. The van der Waals surface area contributed by atoms with Crippen molar-refractivity contribution in [2.24, 2.45) is 5.92 Å². The molecule has 1 aromatic rings. The Kier molecular flexibility index (Phi) is 2.86. The highest BCUT2D eigenvalue weighted by Gasteiger charge is 2.14. The highest BCUT2D eigenvalue weighted by Crippen LogP contribution is 2.28. The molecule has 1 atom stereocenters. The van der Waals surface area contributed by atoms with Crippen LogP contribution in [0, 0.1) is 5.92 Å². The van der Waals surface area contributed by atoms with Crippen LogP contribution in [0.4, 0.5) is 0 Å². The predicted octanol–water partition coefficient (Wildman–Crippen LogP) is 4.18.